The van der Waals surface area contributed by atoms with Gasteiger partial charge >= 0.3 is 6.36 Å². The number of amides is 1. The van der Waals surface area contributed by atoms with Crippen LogP contribution in [0.3, 0.4) is 0 Å². The van der Waals surface area contributed by atoms with Crippen LogP contribution >= 0.6 is 0 Å². The summed E-state index contributed by atoms with van der Waals surface area (Å²) in [5.41, 5.74) is 1.63. The van der Waals surface area contributed by atoms with Crippen LogP contribution in [0, 0.1) is 6.92 Å². The lowest BCUT2D eigenvalue weighted by Gasteiger charge is -2.38. The number of ether oxygens (including phenoxy) is 1. The van der Waals surface area contributed by atoms with Gasteiger partial charge in [-0.3, -0.25) is 4.79 Å². The van der Waals surface area contributed by atoms with Crippen LogP contribution in [0.1, 0.15) is 34.8 Å². The van der Waals surface area contributed by atoms with Crippen LogP contribution < -0.4 is 10.1 Å². The van der Waals surface area contributed by atoms with E-state index in [1.54, 1.807) is 17.9 Å². The number of halogens is 3. The summed E-state index contributed by atoms with van der Waals surface area (Å²) in [7, 11) is 0. The summed E-state index contributed by atoms with van der Waals surface area (Å²) in [5, 5.41) is 2.93. The van der Waals surface area contributed by atoms with E-state index in [1.165, 1.54) is 24.5 Å². The zero-order chi connectivity index (χ0) is 19.6. The van der Waals surface area contributed by atoms with E-state index in [-0.39, 0.29) is 30.2 Å². The van der Waals surface area contributed by atoms with Gasteiger partial charge in [-0.1, -0.05) is 6.07 Å². The fourth-order valence-corrected chi connectivity index (χ4v) is 2.81. The molecule has 0 unspecified atom stereocenters. The molecule has 1 atom stereocenters. The van der Waals surface area contributed by atoms with E-state index in [9.17, 15) is 18.0 Å². The molecule has 2 heterocycles. The highest BCUT2D eigenvalue weighted by molar-refractivity contribution is 5.94. The van der Waals surface area contributed by atoms with Gasteiger partial charge in [0.05, 0.1) is 5.56 Å². The van der Waals surface area contributed by atoms with Gasteiger partial charge in [0, 0.05) is 31.5 Å². The summed E-state index contributed by atoms with van der Waals surface area (Å²) in [4.78, 5) is 22.2. The van der Waals surface area contributed by atoms with Crippen molar-refractivity contribution in [2.45, 2.75) is 39.2 Å². The molecule has 1 saturated heterocycles. The molecule has 144 valence electrons. The minimum Gasteiger partial charge on any atom is -0.406 e. The number of carbonyl (C=O) groups is 1. The number of rotatable bonds is 5. The number of aryl methyl sites for hydroxylation is 1. The van der Waals surface area contributed by atoms with E-state index < -0.39 is 6.36 Å². The first-order valence-electron chi connectivity index (χ1n) is 8.44. The molecule has 0 aliphatic carbocycles. The molecule has 9 heteroatoms. The maximum Gasteiger partial charge on any atom is 0.573 e. The molecule has 0 radical (unpaired) electrons. The van der Waals surface area contributed by atoms with Crippen molar-refractivity contribution in [2.75, 3.05) is 11.9 Å². The normalized spacial score (nSPS) is 16.6. The Labute approximate surface area is 154 Å². The van der Waals surface area contributed by atoms with Crippen molar-refractivity contribution in [3.8, 4) is 5.75 Å². The van der Waals surface area contributed by atoms with Gasteiger partial charge < -0.3 is 15.0 Å². The molecule has 1 amide bonds. The lowest BCUT2D eigenvalue weighted by Crippen LogP contribution is -2.49. The third-order valence-electron chi connectivity index (χ3n) is 4.27. The number of benzene rings is 1. The molecule has 0 saturated carbocycles. The number of carbonyl (C=O) groups excluding carboxylic acids is 1. The first-order chi connectivity index (χ1) is 12.7. The van der Waals surface area contributed by atoms with Crippen molar-refractivity contribution >= 4 is 11.9 Å². The summed E-state index contributed by atoms with van der Waals surface area (Å²) in [5.74, 6) is -0.0965. The molecule has 1 aliphatic rings. The van der Waals surface area contributed by atoms with E-state index in [2.05, 4.69) is 20.0 Å². The van der Waals surface area contributed by atoms with Crippen LogP contribution in [0.15, 0.2) is 30.6 Å². The van der Waals surface area contributed by atoms with Crippen LogP contribution in [0.5, 0.6) is 5.75 Å². The molecular weight excluding hydrogens is 361 g/mol. The van der Waals surface area contributed by atoms with Crippen molar-refractivity contribution < 1.29 is 22.7 Å². The van der Waals surface area contributed by atoms with Gasteiger partial charge in [-0.15, -0.1) is 13.2 Å². The number of aromatic nitrogens is 2. The lowest BCUT2D eigenvalue weighted by atomic mass is 10.0. The third-order valence-corrected chi connectivity index (χ3v) is 4.27. The molecule has 1 N–H and O–H groups in total. The topological polar surface area (TPSA) is 67.4 Å². The Balaban J connectivity index is 1.62. The molecule has 1 aliphatic heterocycles. The lowest BCUT2D eigenvalue weighted by molar-refractivity contribution is -0.274. The van der Waals surface area contributed by atoms with Crippen molar-refractivity contribution in [3.63, 3.8) is 0 Å². The average molecular weight is 380 g/mol. The second-order valence-electron chi connectivity index (χ2n) is 6.49. The number of nitrogens with zero attached hydrogens (tertiary/aromatic N) is 3. The Morgan fingerprint density at radius 2 is 2.00 bits per heavy atom. The number of likely N-dealkylation sites (tertiary alicyclic amines) is 1. The Kier molecular flexibility index (Phi) is 5.20. The van der Waals surface area contributed by atoms with Crippen LogP contribution in [0.4, 0.5) is 19.1 Å². The fourth-order valence-electron chi connectivity index (χ4n) is 2.81. The molecule has 27 heavy (non-hydrogen) atoms. The van der Waals surface area contributed by atoms with E-state index in [4.69, 9.17) is 0 Å². The van der Waals surface area contributed by atoms with Crippen molar-refractivity contribution in [3.05, 3.63) is 47.3 Å². The van der Waals surface area contributed by atoms with E-state index in [0.29, 0.717) is 16.7 Å². The molecule has 3 rings (SSSR count). The smallest absolute Gasteiger partial charge is 0.406 e. The van der Waals surface area contributed by atoms with Gasteiger partial charge in [-0.2, -0.15) is 0 Å². The largest absolute Gasteiger partial charge is 0.573 e. The van der Waals surface area contributed by atoms with Gasteiger partial charge in [0.25, 0.3) is 5.91 Å². The first kappa shape index (κ1) is 18.9. The maximum atomic E-state index is 12.4. The molecule has 0 bridgehead atoms. The quantitative estimate of drug-likeness (QED) is 0.860. The molecule has 1 fully saturated rings. The molecule has 1 aromatic heterocycles. The zero-order valence-electron chi connectivity index (χ0n) is 14.9. The predicted molar refractivity (Wildman–Crippen MR) is 92.3 cm³/mol. The Bertz CT molecular complexity index is 824. The number of nitrogens with one attached hydrogen (secondary N) is 1. The Morgan fingerprint density at radius 1 is 1.30 bits per heavy atom. The second kappa shape index (κ2) is 7.42. The van der Waals surface area contributed by atoms with E-state index in [0.717, 1.165) is 13.0 Å². The molecule has 0 spiro atoms. The van der Waals surface area contributed by atoms with Gasteiger partial charge in [0.15, 0.2) is 0 Å². The number of alkyl halides is 3. The Hall–Kier alpha value is -2.84. The SMILES string of the molecule is Cc1cc(CNc2ncc(C(=O)N3CC[C@@H]3C)cn2)cc(OC(F)(F)F)c1. The zero-order valence-corrected chi connectivity index (χ0v) is 14.9. The van der Waals surface area contributed by atoms with Crippen LogP contribution in [0.25, 0.3) is 0 Å². The van der Waals surface area contributed by atoms with Gasteiger partial charge in [-0.05, 0) is 43.5 Å². The number of anilines is 1. The van der Waals surface area contributed by atoms with E-state index >= 15 is 0 Å². The summed E-state index contributed by atoms with van der Waals surface area (Å²) < 4.78 is 41.1. The van der Waals surface area contributed by atoms with Gasteiger partial charge in [0.1, 0.15) is 5.75 Å². The summed E-state index contributed by atoms with van der Waals surface area (Å²) in [6.07, 6.45) is -0.866. The monoisotopic (exact) mass is 380 g/mol. The highest BCUT2D eigenvalue weighted by Crippen LogP contribution is 2.25. The maximum absolute atomic E-state index is 12.4. The molecule has 1 aromatic carbocycles. The van der Waals surface area contributed by atoms with Gasteiger partial charge in [0.2, 0.25) is 5.95 Å². The summed E-state index contributed by atoms with van der Waals surface area (Å²) in [6, 6.07) is 4.57. The minimum absolute atomic E-state index is 0.104. The van der Waals surface area contributed by atoms with Crippen LogP contribution in [-0.4, -0.2) is 39.7 Å². The number of hydrogen-bond donors (Lipinski definition) is 1. The third kappa shape index (κ3) is 4.87. The average Bonchev–Trinajstić information content (AvgIpc) is 2.57. The molecular formula is C18H19F3N4O2. The highest BCUT2D eigenvalue weighted by Gasteiger charge is 2.31. The number of hydrogen-bond acceptors (Lipinski definition) is 5. The van der Waals surface area contributed by atoms with Gasteiger partial charge in [-0.25, -0.2) is 9.97 Å². The van der Waals surface area contributed by atoms with Crippen molar-refractivity contribution in [1.82, 2.24) is 14.9 Å². The molecule has 6 nitrogen and oxygen atoms in total. The van der Waals surface area contributed by atoms with Crippen LogP contribution in [0.2, 0.25) is 0 Å². The Morgan fingerprint density at radius 3 is 2.56 bits per heavy atom. The summed E-state index contributed by atoms with van der Waals surface area (Å²) in [6.45, 7) is 4.61. The van der Waals surface area contributed by atoms with Crippen molar-refractivity contribution in [1.29, 1.82) is 0 Å². The predicted octanol–water partition coefficient (Wildman–Crippen LogP) is 3.53. The first-order valence-corrected chi connectivity index (χ1v) is 8.44. The van der Waals surface area contributed by atoms with E-state index in [1.807, 2.05) is 6.92 Å². The highest BCUT2D eigenvalue weighted by atomic mass is 19.4. The minimum atomic E-state index is -4.74. The standard InChI is InChI=1S/C18H19F3N4O2/c1-11-5-13(7-15(6-11)27-18(19,20)21)8-22-17-23-9-14(10-24-17)16(26)25-4-3-12(25)2/h5-7,9-10,12H,3-4,8H2,1-2H3,(H,22,23,24)/t12-/m0/s1. The van der Waals surface area contributed by atoms with Crippen LogP contribution in [-0.2, 0) is 6.54 Å². The summed E-state index contributed by atoms with van der Waals surface area (Å²) >= 11 is 0. The molecule has 2 aromatic rings. The van der Waals surface area contributed by atoms with Crippen molar-refractivity contribution in [2.24, 2.45) is 0 Å². The second-order valence-corrected chi connectivity index (χ2v) is 6.49. The fraction of sp³-hybridized carbons (Fsp3) is 0.389.